The number of aryl methyl sites for hydroxylation is 1. The third-order valence-electron chi connectivity index (χ3n) is 3.78. The number of hydrogen-bond donors (Lipinski definition) is 2. The third-order valence-corrected chi connectivity index (χ3v) is 3.78. The van der Waals surface area contributed by atoms with Crippen LogP contribution in [0.4, 0.5) is 5.69 Å². The maximum absolute atomic E-state index is 4.03. The van der Waals surface area contributed by atoms with E-state index in [2.05, 4.69) is 45.9 Å². The molecule has 0 spiro atoms. The van der Waals surface area contributed by atoms with Crippen molar-refractivity contribution in [1.29, 1.82) is 0 Å². The Balaban J connectivity index is 1.49. The van der Waals surface area contributed by atoms with Gasteiger partial charge < -0.3 is 10.6 Å². The number of anilines is 1. The largest absolute Gasteiger partial charge is 0.385 e. The Kier molecular flexibility index (Phi) is 4.28. The molecule has 2 aromatic rings. The standard InChI is InChI=1S/C17H21N3/c1-2-16-12-14(3-4-17(16)20-8-1)5-11-19-13-15-6-9-18-10-7-15/h3-4,6-7,9-10,12,19-20H,1-2,5,8,11,13H2. The fraction of sp³-hybridized carbons (Fsp3) is 0.353. The van der Waals surface area contributed by atoms with Gasteiger partial charge in [-0.05, 0) is 60.7 Å². The van der Waals surface area contributed by atoms with E-state index >= 15 is 0 Å². The minimum absolute atomic E-state index is 0.912. The maximum Gasteiger partial charge on any atom is 0.0372 e. The lowest BCUT2D eigenvalue weighted by Gasteiger charge is -2.18. The predicted octanol–water partition coefficient (Wildman–Crippen LogP) is 2.77. The van der Waals surface area contributed by atoms with Crippen LogP contribution in [0.25, 0.3) is 0 Å². The van der Waals surface area contributed by atoms with Crippen molar-refractivity contribution in [3.63, 3.8) is 0 Å². The molecule has 1 aliphatic rings. The molecule has 0 unspecified atom stereocenters. The monoisotopic (exact) mass is 267 g/mol. The smallest absolute Gasteiger partial charge is 0.0372 e. The first kappa shape index (κ1) is 13.1. The molecular weight excluding hydrogens is 246 g/mol. The number of fused-ring (bicyclic) bond motifs is 1. The van der Waals surface area contributed by atoms with Crippen LogP contribution in [-0.4, -0.2) is 18.1 Å². The average molecular weight is 267 g/mol. The van der Waals surface area contributed by atoms with E-state index in [-0.39, 0.29) is 0 Å². The molecule has 0 amide bonds. The van der Waals surface area contributed by atoms with Crippen LogP contribution in [0.3, 0.4) is 0 Å². The van der Waals surface area contributed by atoms with E-state index in [1.54, 1.807) is 0 Å². The Morgan fingerprint density at radius 1 is 1.10 bits per heavy atom. The minimum atomic E-state index is 0.912. The van der Waals surface area contributed by atoms with Crippen molar-refractivity contribution in [2.45, 2.75) is 25.8 Å². The van der Waals surface area contributed by atoms with Crippen molar-refractivity contribution in [1.82, 2.24) is 10.3 Å². The van der Waals surface area contributed by atoms with Crippen LogP contribution < -0.4 is 10.6 Å². The highest BCUT2D eigenvalue weighted by atomic mass is 14.9. The van der Waals surface area contributed by atoms with Gasteiger partial charge >= 0.3 is 0 Å². The third kappa shape index (κ3) is 3.36. The summed E-state index contributed by atoms with van der Waals surface area (Å²) >= 11 is 0. The lowest BCUT2D eigenvalue weighted by Crippen LogP contribution is -2.17. The van der Waals surface area contributed by atoms with Gasteiger partial charge in [-0.25, -0.2) is 0 Å². The molecule has 0 bridgehead atoms. The van der Waals surface area contributed by atoms with Crippen LogP contribution in [0.15, 0.2) is 42.7 Å². The van der Waals surface area contributed by atoms with E-state index in [4.69, 9.17) is 0 Å². The normalized spacial score (nSPS) is 13.6. The number of rotatable bonds is 5. The van der Waals surface area contributed by atoms with Crippen LogP contribution in [0, 0.1) is 0 Å². The molecule has 0 atom stereocenters. The van der Waals surface area contributed by atoms with Gasteiger partial charge in [-0.1, -0.05) is 12.1 Å². The van der Waals surface area contributed by atoms with Crippen molar-refractivity contribution in [3.8, 4) is 0 Å². The Bertz CT molecular complexity index is 551. The molecule has 2 N–H and O–H groups in total. The summed E-state index contributed by atoms with van der Waals surface area (Å²) in [7, 11) is 0. The summed E-state index contributed by atoms with van der Waals surface area (Å²) in [6.07, 6.45) is 7.22. The van der Waals surface area contributed by atoms with Crippen LogP contribution in [0.2, 0.25) is 0 Å². The van der Waals surface area contributed by atoms with Gasteiger partial charge in [0.05, 0.1) is 0 Å². The van der Waals surface area contributed by atoms with E-state index in [0.717, 1.165) is 26.1 Å². The fourth-order valence-corrected chi connectivity index (χ4v) is 2.65. The highest BCUT2D eigenvalue weighted by Gasteiger charge is 2.08. The number of benzene rings is 1. The first-order valence-corrected chi connectivity index (χ1v) is 7.37. The van der Waals surface area contributed by atoms with Gasteiger partial charge in [0.1, 0.15) is 0 Å². The molecule has 1 aromatic heterocycles. The Hall–Kier alpha value is -1.87. The number of pyridine rings is 1. The molecule has 0 aliphatic carbocycles. The SMILES string of the molecule is c1cc(CNCCc2ccc3c(c2)CCCN3)ccn1. The fourth-order valence-electron chi connectivity index (χ4n) is 2.65. The number of nitrogens with one attached hydrogen (secondary N) is 2. The van der Waals surface area contributed by atoms with E-state index in [9.17, 15) is 0 Å². The Morgan fingerprint density at radius 3 is 2.90 bits per heavy atom. The maximum atomic E-state index is 4.03. The van der Waals surface area contributed by atoms with E-state index in [0.29, 0.717) is 0 Å². The molecule has 2 heterocycles. The number of nitrogens with zero attached hydrogens (tertiary/aromatic N) is 1. The molecule has 3 nitrogen and oxygen atoms in total. The Labute approximate surface area is 120 Å². The summed E-state index contributed by atoms with van der Waals surface area (Å²) in [6.45, 7) is 3.03. The molecule has 20 heavy (non-hydrogen) atoms. The molecule has 3 rings (SSSR count). The highest BCUT2D eigenvalue weighted by molar-refractivity contribution is 5.54. The van der Waals surface area contributed by atoms with Crippen molar-refractivity contribution >= 4 is 5.69 Å². The lowest BCUT2D eigenvalue weighted by molar-refractivity contribution is 0.685. The predicted molar refractivity (Wildman–Crippen MR) is 82.9 cm³/mol. The van der Waals surface area contributed by atoms with Crippen molar-refractivity contribution in [2.24, 2.45) is 0 Å². The van der Waals surface area contributed by atoms with Gasteiger partial charge in [0.25, 0.3) is 0 Å². The average Bonchev–Trinajstić information content (AvgIpc) is 2.52. The van der Waals surface area contributed by atoms with Crippen molar-refractivity contribution < 1.29 is 0 Å². The summed E-state index contributed by atoms with van der Waals surface area (Å²) in [5.41, 5.74) is 5.51. The zero-order valence-electron chi connectivity index (χ0n) is 11.7. The number of hydrogen-bond acceptors (Lipinski definition) is 3. The molecule has 1 aliphatic heterocycles. The van der Waals surface area contributed by atoms with Crippen LogP contribution in [-0.2, 0) is 19.4 Å². The summed E-state index contributed by atoms with van der Waals surface area (Å²) in [4.78, 5) is 4.03. The number of aromatic nitrogens is 1. The summed E-state index contributed by atoms with van der Waals surface area (Å²) in [5.74, 6) is 0. The van der Waals surface area contributed by atoms with Gasteiger partial charge in [-0.2, -0.15) is 0 Å². The van der Waals surface area contributed by atoms with Crippen molar-refractivity contribution in [2.75, 3.05) is 18.4 Å². The molecule has 3 heteroatoms. The van der Waals surface area contributed by atoms with Crippen LogP contribution >= 0.6 is 0 Å². The van der Waals surface area contributed by atoms with Gasteiger partial charge in [-0.15, -0.1) is 0 Å². The zero-order chi connectivity index (χ0) is 13.6. The second kappa shape index (κ2) is 6.53. The molecule has 104 valence electrons. The second-order valence-electron chi connectivity index (χ2n) is 5.30. The van der Waals surface area contributed by atoms with Crippen LogP contribution in [0.1, 0.15) is 23.1 Å². The molecule has 1 aromatic carbocycles. The molecular formula is C17H21N3. The van der Waals surface area contributed by atoms with Gasteiger partial charge in [0, 0.05) is 31.2 Å². The van der Waals surface area contributed by atoms with Gasteiger partial charge in [0.15, 0.2) is 0 Å². The summed E-state index contributed by atoms with van der Waals surface area (Å²) < 4.78 is 0. The van der Waals surface area contributed by atoms with Crippen molar-refractivity contribution in [3.05, 3.63) is 59.4 Å². The first-order valence-electron chi connectivity index (χ1n) is 7.37. The lowest BCUT2D eigenvalue weighted by atomic mass is 9.99. The van der Waals surface area contributed by atoms with Gasteiger partial charge in [-0.3, -0.25) is 4.98 Å². The first-order chi connectivity index (χ1) is 9.92. The quantitative estimate of drug-likeness (QED) is 0.818. The Morgan fingerprint density at radius 2 is 2.00 bits per heavy atom. The van der Waals surface area contributed by atoms with E-state index in [1.165, 1.54) is 35.2 Å². The minimum Gasteiger partial charge on any atom is -0.385 e. The zero-order valence-corrected chi connectivity index (χ0v) is 11.7. The summed E-state index contributed by atoms with van der Waals surface area (Å²) in [6, 6.07) is 10.9. The topological polar surface area (TPSA) is 37.0 Å². The van der Waals surface area contributed by atoms with E-state index in [1.807, 2.05) is 12.4 Å². The van der Waals surface area contributed by atoms with Gasteiger partial charge in [0.2, 0.25) is 0 Å². The highest BCUT2D eigenvalue weighted by Crippen LogP contribution is 2.22. The molecule has 0 radical (unpaired) electrons. The van der Waals surface area contributed by atoms with E-state index < -0.39 is 0 Å². The molecule has 0 saturated heterocycles. The second-order valence-corrected chi connectivity index (χ2v) is 5.30. The summed E-state index contributed by atoms with van der Waals surface area (Å²) in [5, 5.41) is 6.94. The molecule has 0 saturated carbocycles. The van der Waals surface area contributed by atoms with Crippen LogP contribution in [0.5, 0.6) is 0 Å². The molecule has 0 fully saturated rings.